The number of amides is 3. The number of urea groups is 1. The van der Waals surface area contributed by atoms with E-state index < -0.39 is 29.7 Å². The number of alkyl halides is 2. The number of hydrogen-bond donors (Lipinski definition) is 1. The van der Waals surface area contributed by atoms with Crippen LogP contribution in [0.3, 0.4) is 0 Å². The third kappa shape index (κ3) is 2.27. The Labute approximate surface area is 158 Å². The molecular formula is C18H19BrF2N2O3. The molecule has 2 aliphatic carbocycles. The molecule has 0 bridgehead atoms. The van der Waals surface area contributed by atoms with Crippen molar-refractivity contribution >= 4 is 27.9 Å². The fourth-order valence-corrected chi connectivity index (χ4v) is 5.62. The fourth-order valence-electron chi connectivity index (χ4n) is 5.26. The Morgan fingerprint density at radius 3 is 2.58 bits per heavy atom. The number of carbonyl (C=O) groups is 2. The van der Waals surface area contributed by atoms with Gasteiger partial charge in [-0.1, -0.05) is 22.0 Å². The number of likely N-dealkylation sites (N-methyl/N-ethyl adjacent to an activating group) is 1. The minimum absolute atomic E-state index is 0.324. The molecule has 1 unspecified atom stereocenters. The molecule has 0 aromatic heterocycles. The molecule has 1 heterocycles. The van der Waals surface area contributed by atoms with Crippen LogP contribution in [0.25, 0.3) is 0 Å². The first-order chi connectivity index (χ1) is 12.3. The van der Waals surface area contributed by atoms with Gasteiger partial charge in [0, 0.05) is 16.9 Å². The number of hydrogen-bond acceptors (Lipinski definition) is 3. The zero-order chi connectivity index (χ0) is 18.7. The molecule has 5 nitrogen and oxygen atoms in total. The van der Waals surface area contributed by atoms with Gasteiger partial charge in [0.1, 0.15) is 0 Å². The zero-order valence-corrected chi connectivity index (χ0v) is 15.8. The Hall–Kier alpha value is -1.54. The van der Waals surface area contributed by atoms with Crippen molar-refractivity contribution < 1.29 is 23.1 Å². The second-order valence-corrected chi connectivity index (χ2v) is 8.30. The molecule has 140 valence electrons. The summed E-state index contributed by atoms with van der Waals surface area (Å²) in [6, 6.07) is 5.38. The monoisotopic (exact) mass is 428 g/mol. The van der Waals surface area contributed by atoms with Crippen LogP contribution < -0.4 is 5.32 Å². The van der Waals surface area contributed by atoms with E-state index in [4.69, 9.17) is 4.74 Å². The molecule has 3 aliphatic rings. The van der Waals surface area contributed by atoms with E-state index in [1.54, 1.807) is 7.05 Å². The van der Waals surface area contributed by atoms with Gasteiger partial charge in [-0.25, -0.2) is 4.79 Å². The summed E-state index contributed by atoms with van der Waals surface area (Å²) < 4.78 is 30.7. The summed E-state index contributed by atoms with van der Waals surface area (Å²) in [5, 5.41) is 2.46. The Kier molecular flexibility index (Phi) is 4.11. The van der Waals surface area contributed by atoms with Gasteiger partial charge in [-0.05, 0) is 55.4 Å². The average molecular weight is 429 g/mol. The molecule has 2 fully saturated rings. The number of imide groups is 1. The number of halogens is 3. The maximum absolute atomic E-state index is 13.1. The van der Waals surface area contributed by atoms with E-state index in [9.17, 15) is 18.4 Å². The van der Waals surface area contributed by atoms with Gasteiger partial charge in [0.2, 0.25) is 0 Å². The van der Waals surface area contributed by atoms with Crippen molar-refractivity contribution in [1.29, 1.82) is 0 Å². The van der Waals surface area contributed by atoms with Crippen molar-refractivity contribution in [3.8, 4) is 0 Å². The summed E-state index contributed by atoms with van der Waals surface area (Å²) in [6.45, 7) is -2.79. The van der Waals surface area contributed by atoms with Crippen molar-refractivity contribution in [1.82, 2.24) is 10.2 Å². The highest BCUT2D eigenvalue weighted by atomic mass is 79.9. The smallest absolute Gasteiger partial charge is 0.320 e. The second-order valence-electron chi connectivity index (χ2n) is 7.38. The topological polar surface area (TPSA) is 58.6 Å². The van der Waals surface area contributed by atoms with E-state index >= 15 is 0 Å². The van der Waals surface area contributed by atoms with E-state index in [1.165, 1.54) is 4.90 Å². The Morgan fingerprint density at radius 1 is 1.31 bits per heavy atom. The number of carbonyl (C=O) groups excluding carboxylic acids is 2. The molecule has 8 heteroatoms. The maximum atomic E-state index is 13.1. The first-order valence-corrected chi connectivity index (χ1v) is 9.41. The van der Waals surface area contributed by atoms with Crippen LogP contribution in [0.5, 0.6) is 0 Å². The van der Waals surface area contributed by atoms with Gasteiger partial charge in [-0.3, -0.25) is 10.1 Å². The Morgan fingerprint density at radius 2 is 2.00 bits per heavy atom. The van der Waals surface area contributed by atoms with Gasteiger partial charge < -0.3 is 9.64 Å². The third-order valence-electron chi connectivity index (χ3n) is 6.30. The molecule has 1 aromatic carbocycles. The highest BCUT2D eigenvalue weighted by Crippen LogP contribution is 2.61. The molecule has 1 saturated carbocycles. The van der Waals surface area contributed by atoms with Crippen LogP contribution in [-0.2, 0) is 21.5 Å². The fraction of sp³-hybridized carbons (Fsp3) is 0.556. The Bertz CT molecular complexity index is 780. The lowest BCUT2D eigenvalue weighted by Crippen LogP contribution is -2.57. The largest absolute Gasteiger partial charge is 0.345 e. The molecular weight excluding hydrogens is 410 g/mol. The summed E-state index contributed by atoms with van der Waals surface area (Å²) >= 11 is 3.46. The van der Waals surface area contributed by atoms with E-state index in [0.29, 0.717) is 32.1 Å². The zero-order valence-electron chi connectivity index (χ0n) is 14.2. The molecule has 1 saturated heterocycles. The molecule has 1 N–H and O–H groups in total. The first kappa shape index (κ1) is 17.9. The lowest BCUT2D eigenvalue weighted by atomic mass is 9.61. The van der Waals surface area contributed by atoms with E-state index in [2.05, 4.69) is 21.2 Å². The highest BCUT2D eigenvalue weighted by molar-refractivity contribution is 9.10. The summed E-state index contributed by atoms with van der Waals surface area (Å²) in [5.41, 5.74) is 0.242. The standard InChI is InChI=1S/C18H19BrF2N2O3/c1-23-16(25)22-14(24)18(23)13-8-11(19)3-2-10(13)9-17(18)6-4-12(5-7-17)26-15(20)21/h2-3,8,12,15H,4-7,9H2,1H3,(H,22,24,25). The van der Waals surface area contributed by atoms with Crippen molar-refractivity contribution in [2.45, 2.75) is 50.4 Å². The predicted octanol–water partition coefficient (Wildman–Crippen LogP) is 3.55. The molecule has 1 atom stereocenters. The van der Waals surface area contributed by atoms with Crippen LogP contribution in [0.4, 0.5) is 13.6 Å². The van der Waals surface area contributed by atoms with E-state index in [1.807, 2.05) is 18.2 Å². The molecule has 3 amide bonds. The van der Waals surface area contributed by atoms with Crippen molar-refractivity contribution in [2.75, 3.05) is 7.05 Å². The maximum Gasteiger partial charge on any atom is 0.345 e. The third-order valence-corrected chi connectivity index (χ3v) is 6.79. The van der Waals surface area contributed by atoms with Gasteiger partial charge in [0.15, 0.2) is 5.54 Å². The molecule has 1 aliphatic heterocycles. The van der Waals surface area contributed by atoms with E-state index in [0.717, 1.165) is 15.6 Å². The van der Waals surface area contributed by atoms with Crippen LogP contribution in [0, 0.1) is 5.41 Å². The Balaban J connectivity index is 1.79. The first-order valence-electron chi connectivity index (χ1n) is 8.62. The highest BCUT2D eigenvalue weighted by Gasteiger charge is 2.68. The minimum atomic E-state index is -2.79. The molecule has 0 radical (unpaired) electrons. The van der Waals surface area contributed by atoms with Crippen molar-refractivity contribution in [2.24, 2.45) is 5.41 Å². The van der Waals surface area contributed by atoms with Gasteiger partial charge in [-0.15, -0.1) is 0 Å². The second kappa shape index (κ2) is 5.99. The quantitative estimate of drug-likeness (QED) is 0.732. The summed E-state index contributed by atoms with van der Waals surface area (Å²) in [6.07, 6.45) is 2.09. The normalized spacial score (nSPS) is 33.4. The molecule has 2 spiro atoms. The van der Waals surface area contributed by atoms with Crippen LogP contribution in [-0.4, -0.2) is 36.6 Å². The molecule has 1 aromatic rings. The van der Waals surface area contributed by atoms with Crippen LogP contribution in [0.2, 0.25) is 0 Å². The molecule has 4 rings (SSSR count). The van der Waals surface area contributed by atoms with Crippen LogP contribution in [0.1, 0.15) is 36.8 Å². The summed E-state index contributed by atoms with van der Waals surface area (Å²) in [5.74, 6) is -0.324. The van der Waals surface area contributed by atoms with Gasteiger partial charge in [0.05, 0.1) is 6.10 Å². The predicted molar refractivity (Wildman–Crippen MR) is 92.6 cm³/mol. The minimum Gasteiger partial charge on any atom is -0.320 e. The summed E-state index contributed by atoms with van der Waals surface area (Å²) in [4.78, 5) is 26.9. The lowest BCUT2D eigenvalue weighted by Gasteiger charge is -2.49. The van der Waals surface area contributed by atoms with Gasteiger partial charge in [-0.2, -0.15) is 8.78 Å². The average Bonchev–Trinajstić information content (AvgIpc) is 2.98. The number of rotatable bonds is 2. The van der Waals surface area contributed by atoms with Crippen LogP contribution >= 0.6 is 15.9 Å². The molecule has 26 heavy (non-hydrogen) atoms. The number of nitrogens with zero attached hydrogens (tertiary/aromatic N) is 1. The number of benzene rings is 1. The number of nitrogens with one attached hydrogen (secondary N) is 1. The van der Waals surface area contributed by atoms with Crippen molar-refractivity contribution in [3.05, 3.63) is 33.8 Å². The van der Waals surface area contributed by atoms with E-state index in [-0.39, 0.29) is 5.91 Å². The van der Waals surface area contributed by atoms with Gasteiger partial charge in [0.25, 0.3) is 5.91 Å². The lowest BCUT2D eigenvalue weighted by molar-refractivity contribution is -0.181. The van der Waals surface area contributed by atoms with Crippen molar-refractivity contribution in [3.63, 3.8) is 0 Å². The number of fused-ring (bicyclic) bond motifs is 3. The van der Waals surface area contributed by atoms with Crippen LogP contribution in [0.15, 0.2) is 22.7 Å². The summed E-state index contributed by atoms with van der Waals surface area (Å²) in [7, 11) is 1.64. The van der Waals surface area contributed by atoms with Gasteiger partial charge >= 0.3 is 12.6 Å². The number of ether oxygens (including phenoxy) is 1. The SMILES string of the molecule is CN1C(=O)NC(=O)C12c1cc(Br)ccc1CC21CCC(OC(F)F)CC1.